The average molecular weight is 246 g/mol. The molecule has 6 heteroatoms. The number of carbonyl (C=O) groups excluding carboxylic acids is 1. The van der Waals surface area contributed by atoms with Gasteiger partial charge in [-0.3, -0.25) is 4.79 Å². The minimum atomic E-state index is -4.17. The van der Waals surface area contributed by atoms with Gasteiger partial charge in [0.15, 0.2) is 0 Å². The fraction of sp³-hybridized carbons (Fsp3) is 0.818. The highest BCUT2D eigenvalue weighted by Crippen LogP contribution is 2.47. The molecule has 2 fully saturated rings. The van der Waals surface area contributed by atoms with Gasteiger partial charge in [0.05, 0.1) is 12.0 Å². The van der Waals surface area contributed by atoms with Crippen LogP contribution in [-0.4, -0.2) is 30.1 Å². The molecule has 0 aromatic heterocycles. The van der Waals surface area contributed by atoms with E-state index in [1.165, 1.54) is 4.90 Å². The Morgan fingerprint density at radius 3 is 2.18 bits per heavy atom. The van der Waals surface area contributed by atoms with Crippen LogP contribution < -0.4 is 0 Å². The summed E-state index contributed by atoms with van der Waals surface area (Å²) in [6.45, 7) is 0.235. The van der Waals surface area contributed by atoms with E-state index in [1.807, 2.05) is 6.07 Å². The SMILES string of the molecule is N#CC1(C(=O)N2CCC(C(F)(F)F)CC2)CC1. The van der Waals surface area contributed by atoms with Gasteiger partial charge in [0, 0.05) is 13.1 Å². The molecule has 1 aliphatic carbocycles. The molecule has 0 aromatic carbocycles. The van der Waals surface area contributed by atoms with Gasteiger partial charge in [0.1, 0.15) is 5.41 Å². The second-order valence-electron chi connectivity index (χ2n) is 4.80. The molecule has 1 heterocycles. The van der Waals surface area contributed by atoms with Crippen LogP contribution in [0.15, 0.2) is 0 Å². The van der Waals surface area contributed by atoms with Gasteiger partial charge in [0.25, 0.3) is 0 Å². The number of halogens is 3. The zero-order chi connectivity index (χ0) is 12.7. The number of nitriles is 1. The van der Waals surface area contributed by atoms with Crippen molar-refractivity contribution in [3.05, 3.63) is 0 Å². The number of piperidine rings is 1. The van der Waals surface area contributed by atoms with Crippen molar-refractivity contribution < 1.29 is 18.0 Å². The predicted octanol–water partition coefficient (Wildman–Crippen LogP) is 2.09. The summed E-state index contributed by atoms with van der Waals surface area (Å²) in [7, 11) is 0. The van der Waals surface area contributed by atoms with E-state index in [9.17, 15) is 18.0 Å². The second kappa shape index (κ2) is 3.90. The highest BCUT2D eigenvalue weighted by molar-refractivity contribution is 5.88. The lowest BCUT2D eigenvalue weighted by molar-refractivity contribution is -0.186. The molecule has 0 radical (unpaired) electrons. The maximum atomic E-state index is 12.4. The molecule has 2 rings (SSSR count). The zero-order valence-electron chi connectivity index (χ0n) is 9.26. The number of rotatable bonds is 1. The van der Waals surface area contributed by atoms with Crippen LogP contribution in [0.4, 0.5) is 13.2 Å². The van der Waals surface area contributed by atoms with Gasteiger partial charge in [0.2, 0.25) is 5.91 Å². The summed E-state index contributed by atoms with van der Waals surface area (Å²) in [6, 6.07) is 1.98. The molecule has 94 valence electrons. The van der Waals surface area contributed by atoms with Crippen LogP contribution in [0.3, 0.4) is 0 Å². The molecular formula is C11H13F3N2O. The quantitative estimate of drug-likeness (QED) is 0.711. The number of hydrogen-bond acceptors (Lipinski definition) is 2. The minimum Gasteiger partial charge on any atom is -0.341 e. The number of likely N-dealkylation sites (tertiary alicyclic amines) is 1. The van der Waals surface area contributed by atoms with Crippen LogP contribution in [0.25, 0.3) is 0 Å². The molecule has 0 atom stereocenters. The van der Waals surface area contributed by atoms with Crippen LogP contribution in [0.1, 0.15) is 25.7 Å². The fourth-order valence-corrected chi connectivity index (χ4v) is 2.21. The summed E-state index contributed by atoms with van der Waals surface area (Å²) < 4.78 is 37.3. The van der Waals surface area contributed by atoms with E-state index in [-0.39, 0.29) is 31.8 Å². The molecule has 1 aliphatic heterocycles. The van der Waals surface area contributed by atoms with Crippen molar-refractivity contribution in [2.75, 3.05) is 13.1 Å². The standard InChI is InChI=1S/C11H13F3N2O/c12-11(13,14)8-1-5-16(6-2-8)9(17)10(7-15)3-4-10/h8H,1-6H2. The molecule has 0 unspecified atom stereocenters. The van der Waals surface area contributed by atoms with Crippen LogP contribution in [0.2, 0.25) is 0 Å². The number of carbonyl (C=O) groups is 1. The van der Waals surface area contributed by atoms with E-state index in [2.05, 4.69) is 0 Å². The third-order valence-corrected chi connectivity index (χ3v) is 3.62. The van der Waals surface area contributed by atoms with Gasteiger partial charge in [-0.2, -0.15) is 18.4 Å². The minimum absolute atomic E-state index is 0.0449. The van der Waals surface area contributed by atoms with E-state index >= 15 is 0 Å². The van der Waals surface area contributed by atoms with Gasteiger partial charge < -0.3 is 4.90 Å². The van der Waals surface area contributed by atoms with Gasteiger partial charge in [-0.25, -0.2) is 0 Å². The second-order valence-corrected chi connectivity index (χ2v) is 4.80. The summed E-state index contributed by atoms with van der Waals surface area (Å²) >= 11 is 0. The fourth-order valence-electron chi connectivity index (χ4n) is 2.21. The van der Waals surface area contributed by atoms with Crippen molar-refractivity contribution in [1.82, 2.24) is 4.90 Å². The third kappa shape index (κ3) is 2.24. The van der Waals surface area contributed by atoms with E-state index in [1.54, 1.807) is 0 Å². The molecule has 0 spiro atoms. The summed E-state index contributed by atoms with van der Waals surface area (Å²) in [5.74, 6) is -1.58. The van der Waals surface area contributed by atoms with Crippen molar-refractivity contribution in [3.8, 4) is 6.07 Å². The Kier molecular flexibility index (Phi) is 2.80. The van der Waals surface area contributed by atoms with E-state index in [0.717, 1.165) is 0 Å². The van der Waals surface area contributed by atoms with E-state index in [0.29, 0.717) is 12.8 Å². The first-order valence-corrected chi connectivity index (χ1v) is 5.66. The Labute approximate surface area is 97.2 Å². The number of nitrogens with zero attached hydrogens (tertiary/aromatic N) is 2. The van der Waals surface area contributed by atoms with Crippen LogP contribution >= 0.6 is 0 Å². The summed E-state index contributed by atoms with van der Waals surface area (Å²) in [5.41, 5.74) is -0.912. The largest absolute Gasteiger partial charge is 0.391 e. The third-order valence-electron chi connectivity index (χ3n) is 3.62. The summed E-state index contributed by atoms with van der Waals surface area (Å²) in [5, 5.41) is 8.86. The molecule has 0 bridgehead atoms. The lowest BCUT2D eigenvalue weighted by Crippen LogP contribution is -2.44. The monoisotopic (exact) mass is 246 g/mol. The molecule has 0 aromatic rings. The van der Waals surface area contributed by atoms with Crippen molar-refractivity contribution >= 4 is 5.91 Å². The first-order valence-electron chi connectivity index (χ1n) is 5.66. The van der Waals surface area contributed by atoms with E-state index in [4.69, 9.17) is 5.26 Å². The highest BCUT2D eigenvalue weighted by Gasteiger charge is 2.53. The first kappa shape index (κ1) is 12.2. The summed E-state index contributed by atoms with van der Waals surface area (Å²) in [6.07, 6.45) is -3.17. The van der Waals surface area contributed by atoms with Crippen molar-refractivity contribution in [2.45, 2.75) is 31.9 Å². The smallest absolute Gasteiger partial charge is 0.341 e. The molecule has 1 amide bonds. The average Bonchev–Trinajstić information content (AvgIpc) is 3.08. The van der Waals surface area contributed by atoms with Crippen LogP contribution in [0, 0.1) is 22.7 Å². The van der Waals surface area contributed by atoms with Gasteiger partial charge in [-0.1, -0.05) is 0 Å². The normalized spacial score (nSPS) is 24.2. The predicted molar refractivity (Wildman–Crippen MR) is 52.6 cm³/mol. The molecule has 2 aliphatic rings. The molecule has 0 N–H and O–H groups in total. The number of amides is 1. The lowest BCUT2D eigenvalue weighted by Gasteiger charge is -2.33. The van der Waals surface area contributed by atoms with Crippen LogP contribution in [0.5, 0.6) is 0 Å². The lowest BCUT2D eigenvalue weighted by atomic mass is 9.95. The van der Waals surface area contributed by atoms with Crippen molar-refractivity contribution in [3.63, 3.8) is 0 Å². The van der Waals surface area contributed by atoms with Crippen molar-refractivity contribution in [1.29, 1.82) is 5.26 Å². The van der Waals surface area contributed by atoms with Crippen molar-refractivity contribution in [2.24, 2.45) is 11.3 Å². The van der Waals surface area contributed by atoms with Crippen LogP contribution in [-0.2, 0) is 4.79 Å². The molecule has 1 saturated heterocycles. The molecule has 3 nitrogen and oxygen atoms in total. The Morgan fingerprint density at radius 2 is 1.82 bits per heavy atom. The maximum Gasteiger partial charge on any atom is 0.391 e. The van der Waals surface area contributed by atoms with Gasteiger partial charge in [-0.05, 0) is 25.7 Å². The first-order chi connectivity index (χ1) is 7.89. The Hall–Kier alpha value is -1.25. The van der Waals surface area contributed by atoms with E-state index < -0.39 is 17.5 Å². The zero-order valence-corrected chi connectivity index (χ0v) is 9.26. The molecular weight excluding hydrogens is 233 g/mol. The number of alkyl halides is 3. The highest BCUT2D eigenvalue weighted by atomic mass is 19.4. The van der Waals surface area contributed by atoms with Gasteiger partial charge in [-0.15, -0.1) is 0 Å². The molecule has 1 saturated carbocycles. The Bertz CT molecular complexity index is 360. The van der Waals surface area contributed by atoms with Gasteiger partial charge >= 0.3 is 6.18 Å². The topological polar surface area (TPSA) is 44.1 Å². The Balaban J connectivity index is 1.92. The summed E-state index contributed by atoms with van der Waals surface area (Å²) in [4.78, 5) is 13.3. The maximum absolute atomic E-state index is 12.4. The molecule has 17 heavy (non-hydrogen) atoms. The Morgan fingerprint density at radius 1 is 1.29 bits per heavy atom. The number of hydrogen-bond donors (Lipinski definition) is 0.